The average molecular weight is 402 g/mol. The number of benzene rings is 2. The van der Waals surface area contributed by atoms with Crippen LogP contribution in [0.4, 0.5) is 0 Å². The van der Waals surface area contributed by atoms with Crippen LogP contribution in [0, 0.1) is 0 Å². The molecule has 0 saturated heterocycles. The zero-order valence-electron chi connectivity index (χ0n) is 17.1. The minimum atomic E-state index is -0.310. The molecule has 154 valence electrons. The lowest BCUT2D eigenvalue weighted by Crippen LogP contribution is -2.43. The van der Waals surface area contributed by atoms with E-state index in [0.717, 1.165) is 11.1 Å². The predicted molar refractivity (Wildman–Crippen MR) is 122 cm³/mol. The van der Waals surface area contributed by atoms with Gasteiger partial charge < -0.3 is 0 Å². The maximum atomic E-state index is 13.2. The van der Waals surface area contributed by atoms with E-state index in [0.29, 0.717) is 31.7 Å². The third kappa shape index (κ3) is 5.33. The Morgan fingerprint density at radius 1 is 0.800 bits per heavy atom. The second-order valence-electron chi connectivity index (χ2n) is 7.20. The maximum Gasteiger partial charge on any atom is 0.331 e. The molecule has 2 aromatic carbocycles. The summed E-state index contributed by atoms with van der Waals surface area (Å²) in [5, 5.41) is 0. The molecule has 5 nitrogen and oxygen atoms in total. The molecule has 3 rings (SSSR count). The summed E-state index contributed by atoms with van der Waals surface area (Å²) in [6.07, 6.45) is 5.29. The van der Waals surface area contributed by atoms with Crippen molar-refractivity contribution in [2.24, 2.45) is 0 Å². The van der Waals surface area contributed by atoms with Gasteiger partial charge in [0.25, 0.3) is 5.56 Å². The molecule has 0 unspecified atom stereocenters. The summed E-state index contributed by atoms with van der Waals surface area (Å²) in [5.74, 6) is 0. The van der Waals surface area contributed by atoms with Crippen LogP contribution in [0.15, 0.2) is 102 Å². The number of nitrogens with zero attached hydrogens (tertiary/aromatic N) is 3. The lowest BCUT2D eigenvalue weighted by Gasteiger charge is -2.20. The first-order valence-corrected chi connectivity index (χ1v) is 9.97. The lowest BCUT2D eigenvalue weighted by molar-refractivity contribution is 0.323. The second-order valence-corrected chi connectivity index (χ2v) is 7.20. The van der Waals surface area contributed by atoms with Gasteiger partial charge in [-0.25, -0.2) is 4.79 Å². The number of hydrogen-bond donors (Lipinski definition) is 0. The van der Waals surface area contributed by atoms with Crippen molar-refractivity contribution in [3.05, 3.63) is 130 Å². The summed E-state index contributed by atoms with van der Waals surface area (Å²) in [4.78, 5) is 28.4. The molecule has 5 heteroatoms. The van der Waals surface area contributed by atoms with Crippen LogP contribution in [0.2, 0.25) is 0 Å². The van der Waals surface area contributed by atoms with Gasteiger partial charge in [0.15, 0.2) is 0 Å². The van der Waals surface area contributed by atoms with E-state index in [1.165, 1.54) is 4.57 Å². The highest BCUT2D eigenvalue weighted by molar-refractivity contribution is 5.18. The van der Waals surface area contributed by atoms with Crippen molar-refractivity contribution in [3.63, 3.8) is 0 Å². The summed E-state index contributed by atoms with van der Waals surface area (Å²) in [6, 6.07) is 19.3. The molecule has 0 amide bonds. The van der Waals surface area contributed by atoms with Gasteiger partial charge in [-0.1, -0.05) is 72.8 Å². The summed E-state index contributed by atoms with van der Waals surface area (Å²) in [7, 11) is 0. The molecule has 30 heavy (non-hydrogen) atoms. The smallest absolute Gasteiger partial charge is 0.296 e. The summed E-state index contributed by atoms with van der Waals surface area (Å²) in [6.45, 7) is 9.91. The van der Waals surface area contributed by atoms with Gasteiger partial charge in [0.1, 0.15) is 0 Å². The van der Waals surface area contributed by atoms with Crippen LogP contribution >= 0.6 is 0 Å². The van der Waals surface area contributed by atoms with Gasteiger partial charge in [-0.05, 0) is 11.1 Å². The van der Waals surface area contributed by atoms with Gasteiger partial charge in [0, 0.05) is 31.4 Å². The molecule has 1 heterocycles. The quantitative estimate of drug-likeness (QED) is 0.490. The maximum absolute atomic E-state index is 13.2. The molecule has 0 aliphatic rings. The number of aromatic nitrogens is 2. The zero-order valence-corrected chi connectivity index (χ0v) is 17.1. The molecule has 0 aliphatic carbocycles. The van der Waals surface area contributed by atoms with E-state index in [1.807, 2.05) is 60.7 Å². The molecular formula is C25H27N3O2. The summed E-state index contributed by atoms with van der Waals surface area (Å²) in [5.41, 5.74) is 1.92. The van der Waals surface area contributed by atoms with E-state index in [9.17, 15) is 9.59 Å². The van der Waals surface area contributed by atoms with E-state index < -0.39 is 0 Å². The number of hydrogen-bond acceptors (Lipinski definition) is 3. The first-order chi connectivity index (χ1) is 14.6. The van der Waals surface area contributed by atoms with Crippen molar-refractivity contribution in [3.8, 4) is 0 Å². The third-order valence-electron chi connectivity index (χ3n) is 4.86. The van der Waals surface area contributed by atoms with Gasteiger partial charge in [0.2, 0.25) is 0 Å². The van der Waals surface area contributed by atoms with Crippen molar-refractivity contribution in [2.75, 3.05) is 13.1 Å². The molecule has 0 saturated carbocycles. The average Bonchev–Trinajstić information content (AvgIpc) is 2.76. The Hall–Kier alpha value is -3.44. The fraction of sp³-hybridized carbons (Fsp3) is 0.200. The van der Waals surface area contributed by atoms with E-state index in [-0.39, 0.29) is 17.8 Å². The van der Waals surface area contributed by atoms with Gasteiger partial charge in [-0.3, -0.25) is 18.8 Å². The van der Waals surface area contributed by atoms with E-state index in [2.05, 4.69) is 18.1 Å². The van der Waals surface area contributed by atoms with Crippen molar-refractivity contribution in [1.82, 2.24) is 14.0 Å². The Morgan fingerprint density at radius 2 is 1.33 bits per heavy atom. The van der Waals surface area contributed by atoms with Crippen molar-refractivity contribution >= 4 is 0 Å². The van der Waals surface area contributed by atoms with Crippen molar-refractivity contribution in [2.45, 2.75) is 19.6 Å². The summed E-state index contributed by atoms with van der Waals surface area (Å²) < 4.78 is 2.95. The molecular weight excluding hydrogens is 374 g/mol. The Kier molecular flexibility index (Phi) is 7.35. The molecule has 0 bridgehead atoms. The zero-order chi connectivity index (χ0) is 21.3. The van der Waals surface area contributed by atoms with E-state index >= 15 is 0 Å². The van der Waals surface area contributed by atoms with Crippen LogP contribution in [0.5, 0.6) is 0 Å². The van der Waals surface area contributed by atoms with Crippen LogP contribution in [-0.4, -0.2) is 27.1 Å². The van der Waals surface area contributed by atoms with Crippen molar-refractivity contribution < 1.29 is 0 Å². The molecule has 0 aliphatic heterocycles. The Bertz CT molecular complexity index is 1090. The SMILES string of the molecule is C=CCN(CC=C)Cc1cn(Cc2ccccc2)c(=O)n(Cc2ccccc2)c1=O. The summed E-state index contributed by atoms with van der Waals surface area (Å²) >= 11 is 0. The van der Waals surface area contributed by atoms with E-state index in [1.54, 1.807) is 22.9 Å². The fourth-order valence-corrected chi connectivity index (χ4v) is 3.43. The lowest BCUT2D eigenvalue weighted by atomic mass is 10.2. The molecule has 0 atom stereocenters. The number of rotatable bonds is 10. The molecule has 1 aromatic heterocycles. The van der Waals surface area contributed by atoms with Crippen LogP contribution < -0.4 is 11.2 Å². The first kappa shape index (κ1) is 21.3. The van der Waals surface area contributed by atoms with Gasteiger partial charge in [-0.2, -0.15) is 0 Å². The first-order valence-electron chi connectivity index (χ1n) is 9.97. The Morgan fingerprint density at radius 3 is 1.87 bits per heavy atom. The standard InChI is InChI=1S/C25H27N3O2/c1-3-15-26(16-4-2)19-23-20-27(17-21-11-7-5-8-12-21)25(30)28(24(23)29)18-22-13-9-6-10-14-22/h3-14,20H,1-2,15-19H2. The fourth-order valence-electron chi connectivity index (χ4n) is 3.43. The third-order valence-corrected chi connectivity index (χ3v) is 4.86. The monoisotopic (exact) mass is 401 g/mol. The van der Waals surface area contributed by atoms with Gasteiger partial charge in [0.05, 0.1) is 13.1 Å². The minimum Gasteiger partial charge on any atom is -0.296 e. The normalized spacial score (nSPS) is 10.8. The van der Waals surface area contributed by atoms with Crippen LogP contribution in [-0.2, 0) is 19.6 Å². The van der Waals surface area contributed by atoms with Crippen LogP contribution in [0.3, 0.4) is 0 Å². The van der Waals surface area contributed by atoms with E-state index in [4.69, 9.17) is 0 Å². The van der Waals surface area contributed by atoms with Gasteiger partial charge in [-0.15, -0.1) is 13.2 Å². The predicted octanol–water partition coefficient (Wildman–Crippen LogP) is 3.28. The molecule has 0 spiro atoms. The highest BCUT2D eigenvalue weighted by Gasteiger charge is 2.14. The molecule has 0 fully saturated rings. The highest BCUT2D eigenvalue weighted by Crippen LogP contribution is 2.05. The van der Waals surface area contributed by atoms with Crippen LogP contribution in [0.1, 0.15) is 16.7 Å². The van der Waals surface area contributed by atoms with Gasteiger partial charge >= 0.3 is 5.69 Å². The second kappa shape index (κ2) is 10.4. The van der Waals surface area contributed by atoms with Crippen molar-refractivity contribution in [1.29, 1.82) is 0 Å². The molecule has 3 aromatic rings. The van der Waals surface area contributed by atoms with Crippen LogP contribution in [0.25, 0.3) is 0 Å². The topological polar surface area (TPSA) is 47.2 Å². The highest BCUT2D eigenvalue weighted by atomic mass is 16.2. The Labute approximate surface area is 176 Å². The largest absolute Gasteiger partial charge is 0.331 e. The molecule has 0 N–H and O–H groups in total. The Balaban J connectivity index is 2.06. The molecule has 0 radical (unpaired) electrons. The minimum absolute atomic E-state index is 0.240.